The molecule has 0 unspecified atom stereocenters. The average molecular weight is 216 g/mol. The molecule has 0 spiro atoms. The molecule has 0 radical (unpaired) electrons. The van der Waals surface area contributed by atoms with Gasteiger partial charge in [0.25, 0.3) is 0 Å². The molecule has 1 fully saturated rings. The summed E-state index contributed by atoms with van der Waals surface area (Å²) in [7, 11) is 0. The van der Waals surface area contributed by atoms with Crippen LogP contribution in [0.1, 0.15) is 68.9 Å². The molecule has 0 aromatic heterocycles. The minimum atomic E-state index is 0.873. The van der Waals surface area contributed by atoms with Gasteiger partial charge in [-0.1, -0.05) is 56.9 Å². The van der Waals surface area contributed by atoms with E-state index in [0.717, 1.165) is 5.92 Å². The van der Waals surface area contributed by atoms with Gasteiger partial charge in [-0.2, -0.15) is 0 Å². The Bertz CT molecular complexity index is 308. The molecule has 1 aliphatic carbocycles. The van der Waals surface area contributed by atoms with Crippen molar-refractivity contribution in [2.45, 2.75) is 64.2 Å². The first-order valence-electron chi connectivity index (χ1n) is 6.99. The highest BCUT2D eigenvalue weighted by Crippen LogP contribution is 2.36. The highest BCUT2D eigenvalue weighted by molar-refractivity contribution is 5.31. The summed E-state index contributed by atoms with van der Waals surface area (Å²) in [5.41, 5.74) is 3.29. The van der Waals surface area contributed by atoms with Crippen LogP contribution in [0.25, 0.3) is 0 Å². The predicted molar refractivity (Wildman–Crippen MR) is 70.9 cm³/mol. The largest absolute Gasteiger partial charge is 0.0654 e. The second-order valence-corrected chi connectivity index (χ2v) is 5.14. The highest BCUT2D eigenvalue weighted by Gasteiger charge is 2.18. The van der Waals surface area contributed by atoms with Crippen LogP contribution in [0.3, 0.4) is 0 Å². The van der Waals surface area contributed by atoms with Crippen LogP contribution < -0.4 is 0 Å². The maximum Gasteiger partial charge on any atom is -0.0159 e. The van der Waals surface area contributed by atoms with Crippen molar-refractivity contribution >= 4 is 0 Å². The monoisotopic (exact) mass is 216 g/mol. The van der Waals surface area contributed by atoms with Crippen LogP contribution in [0.2, 0.25) is 0 Å². The Morgan fingerprint density at radius 1 is 1.06 bits per heavy atom. The van der Waals surface area contributed by atoms with E-state index < -0.39 is 0 Å². The molecule has 0 heteroatoms. The lowest BCUT2D eigenvalue weighted by atomic mass is 9.90. The smallest absolute Gasteiger partial charge is 0.0159 e. The quantitative estimate of drug-likeness (QED) is 0.602. The standard InChI is InChI=1S/C16H24/c1-2-3-4-9-14-12-7-8-13-16(14)15-10-5-6-11-15/h7-8,12-13,15H,2-6,9-11H2,1H3. The summed E-state index contributed by atoms with van der Waals surface area (Å²) in [5, 5.41) is 0. The Labute approximate surface area is 100 Å². The van der Waals surface area contributed by atoms with Gasteiger partial charge < -0.3 is 0 Å². The maximum atomic E-state index is 2.37. The molecule has 0 nitrogen and oxygen atoms in total. The zero-order valence-corrected chi connectivity index (χ0v) is 10.5. The summed E-state index contributed by atoms with van der Waals surface area (Å²) < 4.78 is 0. The van der Waals surface area contributed by atoms with E-state index in [1.807, 2.05) is 0 Å². The van der Waals surface area contributed by atoms with Crippen LogP contribution in [-0.4, -0.2) is 0 Å². The average Bonchev–Trinajstić information content (AvgIpc) is 2.83. The van der Waals surface area contributed by atoms with Gasteiger partial charge in [0.1, 0.15) is 0 Å². The van der Waals surface area contributed by atoms with Crippen molar-refractivity contribution in [1.29, 1.82) is 0 Å². The minimum Gasteiger partial charge on any atom is -0.0654 e. The number of unbranched alkanes of at least 4 members (excludes halogenated alkanes) is 2. The second-order valence-electron chi connectivity index (χ2n) is 5.14. The molecule has 0 saturated heterocycles. The topological polar surface area (TPSA) is 0 Å². The Balaban J connectivity index is 2.04. The van der Waals surface area contributed by atoms with E-state index in [1.165, 1.54) is 51.4 Å². The lowest BCUT2D eigenvalue weighted by Crippen LogP contribution is -1.99. The molecular weight excluding hydrogens is 192 g/mol. The molecule has 1 aromatic carbocycles. The van der Waals surface area contributed by atoms with Gasteiger partial charge in [0.2, 0.25) is 0 Å². The van der Waals surface area contributed by atoms with Crippen LogP contribution in [0.5, 0.6) is 0 Å². The fraction of sp³-hybridized carbons (Fsp3) is 0.625. The Kier molecular flexibility index (Phi) is 4.44. The van der Waals surface area contributed by atoms with Gasteiger partial charge in [-0.3, -0.25) is 0 Å². The van der Waals surface area contributed by atoms with Gasteiger partial charge in [-0.15, -0.1) is 0 Å². The predicted octanol–water partition coefficient (Wildman–Crippen LogP) is 5.08. The van der Waals surface area contributed by atoms with E-state index >= 15 is 0 Å². The normalized spacial score (nSPS) is 16.8. The van der Waals surface area contributed by atoms with Crippen molar-refractivity contribution in [3.05, 3.63) is 35.4 Å². The van der Waals surface area contributed by atoms with E-state index in [1.54, 1.807) is 11.1 Å². The van der Waals surface area contributed by atoms with Crippen LogP contribution in [0.4, 0.5) is 0 Å². The molecule has 0 aliphatic heterocycles. The van der Waals surface area contributed by atoms with Crippen molar-refractivity contribution in [2.75, 3.05) is 0 Å². The molecule has 16 heavy (non-hydrogen) atoms. The third kappa shape index (κ3) is 2.87. The van der Waals surface area contributed by atoms with Crippen molar-refractivity contribution in [1.82, 2.24) is 0 Å². The van der Waals surface area contributed by atoms with Gasteiger partial charge in [0.05, 0.1) is 0 Å². The lowest BCUT2D eigenvalue weighted by Gasteiger charge is -2.15. The van der Waals surface area contributed by atoms with E-state index in [9.17, 15) is 0 Å². The van der Waals surface area contributed by atoms with Crippen LogP contribution >= 0.6 is 0 Å². The molecule has 0 bridgehead atoms. The Morgan fingerprint density at radius 2 is 1.81 bits per heavy atom. The summed E-state index contributed by atoms with van der Waals surface area (Å²) in [6, 6.07) is 9.15. The van der Waals surface area contributed by atoms with Gasteiger partial charge in [-0.05, 0) is 42.7 Å². The zero-order valence-electron chi connectivity index (χ0n) is 10.5. The fourth-order valence-electron chi connectivity index (χ4n) is 2.96. The minimum absolute atomic E-state index is 0.873. The summed E-state index contributed by atoms with van der Waals surface area (Å²) in [6.45, 7) is 2.28. The summed E-state index contributed by atoms with van der Waals surface area (Å²) in [6.07, 6.45) is 11.1. The van der Waals surface area contributed by atoms with E-state index in [-0.39, 0.29) is 0 Å². The third-order valence-corrected chi connectivity index (χ3v) is 3.90. The number of aryl methyl sites for hydroxylation is 1. The molecule has 1 saturated carbocycles. The summed E-state index contributed by atoms with van der Waals surface area (Å²) in [4.78, 5) is 0. The molecule has 1 aromatic rings. The van der Waals surface area contributed by atoms with Crippen molar-refractivity contribution in [3.8, 4) is 0 Å². The number of benzene rings is 1. The number of hydrogen-bond donors (Lipinski definition) is 0. The van der Waals surface area contributed by atoms with Crippen molar-refractivity contribution in [3.63, 3.8) is 0 Å². The third-order valence-electron chi connectivity index (χ3n) is 3.90. The molecule has 1 aliphatic rings. The van der Waals surface area contributed by atoms with E-state index in [2.05, 4.69) is 31.2 Å². The van der Waals surface area contributed by atoms with E-state index in [0.29, 0.717) is 0 Å². The lowest BCUT2D eigenvalue weighted by molar-refractivity contribution is 0.682. The first-order valence-corrected chi connectivity index (χ1v) is 6.99. The van der Waals surface area contributed by atoms with Gasteiger partial charge >= 0.3 is 0 Å². The van der Waals surface area contributed by atoms with Gasteiger partial charge in [-0.25, -0.2) is 0 Å². The number of hydrogen-bond acceptors (Lipinski definition) is 0. The van der Waals surface area contributed by atoms with Crippen LogP contribution in [0, 0.1) is 0 Å². The molecule has 0 amide bonds. The van der Waals surface area contributed by atoms with E-state index in [4.69, 9.17) is 0 Å². The SMILES string of the molecule is CCCCCc1ccccc1C1CCCC1. The molecule has 0 heterocycles. The van der Waals surface area contributed by atoms with Gasteiger partial charge in [0.15, 0.2) is 0 Å². The second kappa shape index (κ2) is 6.08. The zero-order chi connectivity index (χ0) is 11.2. The summed E-state index contributed by atoms with van der Waals surface area (Å²) in [5.74, 6) is 0.873. The molecule has 2 rings (SSSR count). The Morgan fingerprint density at radius 3 is 2.56 bits per heavy atom. The molecule has 88 valence electrons. The number of rotatable bonds is 5. The van der Waals surface area contributed by atoms with Crippen LogP contribution in [0.15, 0.2) is 24.3 Å². The molecule has 0 atom stereocenters. The fourth-order valence-corrected chi connectivity index (χ4v) is 2.96. The van der Waals surface area contributed by atoms with Crippen molar-refractivity contribution < 1.29 is 0 Å². The van der Waals surface area contributed by atoms with Crippen molar-refractivity contribution in [2.24, 2.45) is 0 Å². The highest BCUT2D eigenvalue weighted by atomic mass is 14.2. The maximum absolute atomic E-state index is 2.37. The Hall–Kier alpha value is -0.780. The van der Waals surface area contributed by atoms with Crippen LogP contribution in [-0.2, 0) is 6.42 Å². The van der Waals surface area contributed by atoms with Gasteiger partial charge in [0, 0.05) is 0 Å². The molecular formula is C16H24. The molecule has 0 N–H and O–H groups in total. The first-order chi connectivity index (χ1) is 7.92. The first kappa shape index (κ1) is 11.7. The summed E-state index contributed by atoms with van der Waals surface area (Å²) >= 11 is 0.